The predicted octanol–water partition coefficient (Wildman–Crippen LogP) is -0.0205. The number of likely N-dealkylation sites (tertiary alicyclic amines) is 1. The van der Waals surface area contributed by atoms with E-state index in [-0.39, 0.29) is 12.5 Å². The van der Waals surface area contributed by atoms with Crippen LogP contribution in [-0.2, 0) is 4.79 Å². The molecule has 1 aromatic carbocycles. The van der Waals surface area contributed by atoms with Gasteiger partial charge in [0.05, 0.1) is 31.5 Å². The zero-order valence-electron chi connectivity index (χ0n) is 11.7. The number of methoxy groups -OCH3 is 1. The van der Waals surface area contributed by atoms with Gasteiger partial charge in [-0.15, -0.1) is 0 Å². The summed E-state index contributed by atoms with van der Waals surface area (Å²) >= 11 is 0. The molecule has 1 heterocycles. The molecule has 1 amide bonds. The lowest BCUT2D eigenvalue weighted by Crippen LogP contribution is -2.32. The second-order valence-electron chi connectivity index (χ2n) is 5.08. The number of ether oxygens (including phenoxy) is 1. The Kier molecular flexibility index (Phi) is 4.59. The maximum atomic E-state index is 12.0. The minimum Gasteiger partial charge on any atom is -0.495 e. The number of anilines is 1. The van der Waals surface area contributed by atoms with Crippen molar-refractivity contribution in [2.24, 2.45) is 0 Å². The summed E-state index contributed by atoms with van der Waals surface area (Å²) in [5, 5.41) is 21.7. The second kappa shape index (κ2) is 6.21. The van der Waals surface area contributed by atoms with Gasteiger partial charge in [0.25, 0.3) is 0 Å². The average Bonchev–Trinajstić information content (AvgIpc) is 2.68. The maximum Gasteiger partial charge on any atom is 0.238 e. The van der Waals surface area contributed by atoms with E-state index in [0.717, 1.165) is 5.56 Å². The van der Waals surface area contributed by atoms with E-state index < -0.39 is 12.2 Å². The van der Waals surface area contributed by atoms with Gasteiger partial charge in [0.15, 0.2) is 0 Å². The molecule has 0 saturated carbocycles. The Bertz CT molecular complexity index is 482. The summed E-state index contributed by atoms with van der Waals surface area (Å²) in [5.74, 6) is 0.403. The first-order chi connectivity index (χ1) is 9.49. The van der Waals surface area contributed by atoms with Crippen molar-refractivity contribution in [3.8, 4) is 5.75 Å². The third-order valence-electron chi connectivity index (χ3n) is 3.33. The van der Waals surface area contributed by atoms with Gasteiger partial charge in [0, 0.05) is 13.1 Å². The van der Waals surface area contributed by atoms with Crippen molar-refractivity contribution in [2.75, 3.05) is 32.1 Å². The standard InChI is InChI=1S/C14H20N2O4/c1-9-3-4-13(20-2)10(5-9)15-14(19)8-16-6-11(17)12(18)7-16/h3-5,11-12,17-18H,6-8H2,1-2H3,(H,15,19)/t11-,12+. The first kappa shape index (κ1) is 14.8. The number of carbonyl (C=O) groups is 1. The van der Waals surface area contributed by atoms with Crippen LogP contribution in [0.3, 0.4) is 0 Å². The minimum atomic E-state index is -0.781. The van der Waals surface area contributed by atoms with Crippen LogP contribution in [0.25, 0.3) is 0 Å². The largest absolute Gasteiger partial charge is 0.495 e. The van der Waals surface area contributed by atoms with Crippen LogP contribution in [0.15, 0.2) is 18.2 Å². The van der Waals surface area contributed by atoms with Gasteiger partial charge in [-0.2, -0.15) is 0 Å². The number of aliphatic hydroxyl groups excluding tert-OH is 2. The van der Waals surface area contributed by atoms with E-state index in [4.69, 9.17) is 4.74 Å². The van der Waals surface area contributed by atoms with E-state index in [1.807, 2.05) is 19.1 Å². The van der Waals surface area contributed by atoms with E-state index in [1.54, 1.807) is 18.1 Å². The number of aliphatic hydroxyl groups is 2. The number of hydrogen-bond acceptors (Lipinski definition) is 5. The average molecular weight is 280 g/mol. The Hall–Kier alpha value is -1.63. The summed E-state index contributed by atoms with van der Waals surface area (Å²) in [7, 11) is 1.55. The first-order valence-corrected chi connectivity index (χ1v) is 6.52. The van der Waals surface area contributed by atoms with E-state index >= 15 is 0 Å². The Morgan fingerprint density at radius 2 is 2.05 bits per heavy atom. The van der Waals surface area contributed by atoms with Crippen LogP contribution >= 0.6 is 0 Å². The summed E-state index contributed by atoms with van der Waals surface area (Å²) in [6.07, 6.45) is -1.56. The lowest BCUT2D eigenvalue weighted by molar-refractivity contribution is -0.117. The highest BCUT2D eigenvalue weighted by molar-refractivity contribution is 5.93. The second-order valence-corrected chi connectivity index (χ2v) is 5.08. The molecule has 2 atom stereocenters. The van der Waals surface area contributed by atoms with Crippen LogP contribution in [0.2, 0.25) is 0 Å². The van der Waals surface area contributed by atoms with Crippen LogP contribution in [0.1, 0.15) is 5.56 Å². The van der Waals surface area contributed by atoms with Crippen LogP contribution in [0.4, 0.5) is 5.69 Å². The number of amides is 1. The monoisotopic (exact) mass is 280 g/mol. The van der Waals surface area contributed by atoms with Crippen LogP contribution < -0.4 is 10.1 Å². The minimum absolute atomic E-state index is 0.130. The van der Waals surface area contributed by atoms with Gasteiger partial charge < -0.3 is 20.3 Å². The Morgan fingerprint density at radius 1 is 1.40 bits per heavy atom. The Morgan fingerprint density at radius 3 is 2.65 bits per heavy atom. The van der Waals surface area contributed by atoms with Gasteiger partial charge in [-0.3, -0.25) is 9.69 Å². The predicted molar refractivity (Wildman–Crippen MR) is 74.8 cm³/mol. The molecule has 20 heavy (non-hydrogen) atoms. The molecular weight excluding hydrogens is 260 g/mol. The molecule has 0 bridgehead atoms. The summed E-state index contributed by atoms with van der Waals surface area (Å²) in [5.41, 5.74) is 1.64. The fourth-order valence-corrected chi connectivity index (χ4v) is 2.29. The lowest BCUT2D eigenvalue weighted by atomic mass is 10.2. The number of β-amino-alcohol motifs (C(OH)–C–C–N with tert-alkyl or cyclic N) is 2. The molecule has 1 aliphatic heterocycles. The zero-order valence-corrected chi connectivity index (χ0v) is 11.7. The molecule has 6 heteroatoms. The summed E-state index contributed by atoms with van der Waals surface area (Å²) in [6.45, 7) is 2.67. The van der Waals surface area contributed by atoms with Crippen LogP contribution in [0.5, 0.6) is 5.75 Å². The van der Waals surface area contributed by atoms with Gasteiger partial charge in [-0.05, 0) is 24.6 Å². The van der Waals surface area contributed by atoms with Crippen molar-refractivity contribution in [3.05, 3.63) is 23.8 Å². The molecule has 0 radical (unpaired) electrons. The van der Waals surface area contributed by atoms with E-state index in [1.165, 1.54) is 0 Å². The SMILES string of the molecule is COc1ccc(C)cc1NC(=O)CN1C[C@@H](O)[C@@H](O)C1. The maximum absolute atomic E-state index is 12.0. The number of nitrogens with zero attached hydrogens (tertiary/aromatic N) is 1. The summed E-state index contributed by atoms with van der Waals surface area (Å²) in [6, 6.07) is 5.54. The fourth-order valence-electron chi connectivity index (χ4n) is 2.29. The zero-order chi connectivity index (χ0) is 14.7. The molecular formula is C14H20N2O4. The smallest absolute Gasteiger partial charge is 0.238 e. The highest BCUT2D eigenvalue weighted by Gasteiger charge is 2.30. The quantitative estimate of drug-likeness (QED) is 0.722. The topological polar surface area (TPSA) is 82.0 Å². The number of carbonyl (C=O) groups excluding carboxylic acids is 1. The molecule has 0 unspecified atom stereocenters. The van der Waals surface area contributed by atoms with Crippen LogP contribution in [-0.4, -0.2) is 60.0 Å². The number of hydrogen-bond donors (Lipinski definition) is 3. The number of nitrogens with one attached hydrogen (secondary N) is 1. The van der Waals surface area contributed by atoms with Crippen LogP contribution in [0, 0.1) is 6.92 Å². The van der Waals surface area contributed by atoms with Crippen molar-refractivity contribution in [3.63, 3.8) is 0 Å². The van der Waals surface area contributed by atoms with Gasteiger partial charge >= 0.3 is 0 Å². The van der Waals surface area contributed by atoms with Gasteiger partial charge in [-0.25, -0.2) is 0 Å². The summed E-state index contributed by atoms with van der Waals surface area (Å²) in [4.78, 5) is 13.7. The fraction of sp³-hybridized carbons (Fsp3) is 0.500. The molecule has 3 N–H and O–H groups in total. The third kappa shape index (κ3) is 3.47. The van der Waals surface area contributed by atoms with E-state index in [0.29, 0.717) is 24.5 Å². The number of benzene rings is 1. The Labute approximate surface area is 118 Å². The van der Waals surface area contributed by atoms with Gasteiger partial charge in [0.2, 0.25) is 5.91 Å². The molecule has 0 aliphatic carbocycles. The summed E-state index contributed by atoms with van der Waals surface area (Å²) < 4.78 is 5.20. The van der Waals surface area contributed by atoms with E-state index in [9.17, 15) is 15.0 Å². The molecule has 1 aliphatic rings. The number of rotatable bonds is 4. The highest BCUT2D eigenvalue weighted by Crippen LogP contribution is 2.25. The highest BCUT2D eigenvalue weighted by atomic mass is 16.5. The molecule has 1 fully saturated rings. The molecule has 1 saturated heterocycles. The molecule has 0 spiro atoms. The molecule has 2 rings (SSSR count). The number of aryl methyl sites for hydroxylation is 1. The molecule has 1 aromatic rings. The van der Waals surface area contributed by atoms with E-state index in [2.05, 4.69) is 5.32 Å². The Balaban J connectivity index is 1.96. The van der Waals surface area contributed by atoms with Gasteiger partial charge in [0.1, 0.15) is 5.75 Å². The molecule has 6 nitrogen and oxygen atoms in total. The van der Waals surface area contributed by atoms with Crippen molar-refractivity contribution >= 4 is 11.6 Å². The molecule has 110 valence electrons. The normalized spacial score (nSPS) is 22.8. The van der Waals surface area contributed by atoms with Crippen molar-refractivity contribution < 1.29 is 19.7 Å². The lowest BCUT2D eigenvalue weighted by Gasteiger charge is -2.16. The first-order valence-electron chi connectivity index (χ1n) is 6.52. The van der Waals surface area contributed by atoms with Crippen molar-refractivity contribution in [1.82, 2.24) is 4.90 Å². The van der Waals surface area contributed by atoms with Gasteiger partial charge in [-0.1, -0.05) is 6.07 Å². The third-order valence-corrected chi connectivity index (χ3v) is 3.33. The van der Waals surface area contributed by atoms with Crippen molar-refractivity contribution in [1.29, 1.82) is 0 Å². The molecule has 0 aromatic heterocycles. The van der Waals surface area contributed by atoms with Crippen molar-refractivity contribution in [2.45, 2.75) is 19.1 Å².